The van der Waals surface area contributed by atoms with Crippen LogP contribution in [0, 0.1) is 0 Å². The Labute approximate surface area is 240 Å². The summed E-state index contributed by atoms with van der Waals surface area (Å²) in [7, 11) is 1.98. The van der Waals surface area contributed by atoms with Gasteiger partial charge in [-0.3, -0.25) is 14.3 Å². The fraction of sp³-hybridized carbons (Fsp3) is 0.333. The van der Waals surface area contributed by atoms with E-state index >= 15 is 0 Å². The number of alkyl halides is 2. The number of aromatic nitrogens is 5. The molecule has 1 fully saturated rings. The predicted molar refractivity (Wildman–Crippen MR) is 154 cm³/mol. The molecule has 12 heteroatoms. The lowest BCUT2D eigenvalue weighted by atomic mass is 10.0. The molecular formula is C30H30F2N6O4. The molecule has 218 valence electrons. The smallest absolute Gasteiger partial charge is 0.387 e. The molecule has 1 aliphatic rings. The molecule has 0 spiro atoms. The number of hydrogen-bond acceptors (Lipinski definition) is 8. The highest BCUT2D eigenvalue weighted by Crippen LogP contribution is 2.27. The van der Waals surface area contributed by atoms with Crippen molar-refractivity contribution >= 4 is 22.1 Å². The third-order valence-corrected chi connectivity index (χ3v) is 7.35. The van der Waals surface area contributed by atoms with Gasteiger partial charge in [-0.1, -0.05) is 6.07 Å². The number of nitrogens with zero attached hydrogens (tertiary/aromatic N) is 6. The standard InChI is InChI=1S/C30H30F2N6O4/c1-3-41-30-33-18-20-16-23(28(39)38(27(20)35-30)21-5-7-22(8-6-21)42-29(31)32)19-4-9-24-25(17-19)36(2)26(34-24)10-11-37-12-14-40-15-13-37/h4-9,16-18,29H,3,10-15H2,1-2H3. The van der Waals surface area contributed by atoms with Gasteiger partial charge < -0.3 is 18.8 Å². The van der Waals surface area contributed by atoms with Gasteiger partial charge in [-0.05, 0) is 55.0 Å². The number of pyridine rings is 1. The van der Waals surface area contributed by atoms with Crippen molar-refractivity contribution in [2.45, 2.75) is 20.0 Å². The van der Waals surface area contributed by atoms with Crippen LogP contribution in [-0.4, -0.2) is 75.1 Å². The number of ether oxygens (including phenoxy) is 3. The Kier molecular flexibility index (Phi) is 7.81. The summed E-state index contributed by atoms with van der Waals surface area (Å²) in [6, 6.07) is 13.5. The number of benzene rings is 2. The van der Waals surface area contributed by atoms with Crippen LogP contribution < -0.4 is 15.0 Å². The zero-order chi connectivity index (χ0) is 29.2. The highest BCUT2D eigenvalue weighted by atomic mass is 19.3. The Morgan fingerprint density at radius 3 is 2.57 bits per heavy atom. The molecule has 0 N–H and O–H groups in total. The van der Waals surface area contributed by atoms with Crippen molar-refractivity contribution in [1.29, 1.82) is 0 Å². The molecule has 0 saturated carbocycles. The van der Waals surface area contributed by atoms with E-state index in [2.05, 4.69) is 24.2 Å². The van der Waals surface area contributed by atoms with Crippen LogP contribution in [0.4, 0.5) is 8.78 Å². The number of morpholine rings is 1. The van der Waals surface area contributed by atoms with Gasteiger partial charge in [0.2, 0.25) is 0 Å². The van der Waals surface area contributed by atoms with E-state index < -0.39 is 6.61 Å². The van der Waals surface area contributed by atoms with Gasteiger partial charge >= 0.3 is 12.6 Å². The summed E-state index contributed by atoms with van der Waals surface area (Å²) in [4.78, 5) is 30.1. The second-order valence-corrected chi connectivity index (χ2v) is 9.93. The average Bonchev–Trinajstić information content (AvgIpc) is 3.31. The van der Waals surface area contributed by atoms with E-state index in [9.17, 15) is 13.6 Å². The summed E-state index contributed by atoms with van der Waals surface area (Å²) < 4.78 is 44.4. The Hall–Kier alpha value is -4.42. The summed E-state index contributed by atoms with van der Waals surface area (Å²) in [5.74, 6) is 0.950. The third kappa shape index (κ3) is 5.55. The molecule has 6 rings (SSSR count). The van der Waals surface area contributed by atoms with E-state index in [0.717, 1.165) is 56.1 Å². The Balaban J connectivity index is 1.42. The van der Waals surface area contributed by atoms with Crippen LogP contribution in [0.3, 0.4) is 0 Å². The van der Waals surface area contributed by atoms with E-state index in [1.807, 2.05) is 32.2 Å². The molecule has 0 bridgehead atoms. The first-order chi connectivity index (χ1) is 20.4. The highest BCUT2D eigenvalue weighted by Gasteiger charge is 2.18. The predicted octanol–water partition coefficient (Wildman–Crippen LogP) is 4.21. The van der Waals surface area contributed by atoms with Crippen LogP contribution in [0.5, 0.6) is 11.8 Å². The summed E-state index contributed by atoms with van der Waals surface area (Å²) in [6.45, 7) is 3.45. The average molecular weight is 577 g/mol. The molecule has 0 amide bonds. The lowest BCUT2D eigenvalue weighted by Gasteiger charge is -2.26. The fourth-order valence-corrected chi connectivity index (χ4v) is 5.22. The maximum absolute atomic E-state index is 14.1. The molecule has 10 nitrogen and oxygen atoms in total. The highest BCUT2D eigenvalue weighted by molar-refractivity contribution is 5.87. The normalized spacial score (nSPS) is 14.2. The maximum atomic E-state index is 14.1. The SMILES string of the molecule is CCOc1ncc2cc(-c3ccc4nc(CCN5CCOCC5)n(C)c4c3)c(=O)n(-c3ccc(OC(F)F)cc3)c2n1. The number of fused-ring (bicyclic) bond motifs is 2. The molecule has 42 heavy (non-hydrogen) atoms. The number of rotatable bonds is 9. The van der Waals surface area contributed by atoms with Gasteiger partial charge in [0.15, 0.2) is 5.65 Å². The molecular weight excluding hydrogens is 546 g/mol. The van der Waals surface area contributed by atoms with Crippen LogP contribution in [0.2, 0.25) is 0 Å². The summed E-state index contributed by atoms with van der Waals surface area (Å²) >= 11 is 0. The summed E-state index contributed by atoms with van der Waals surface area (Å²) in [5.41, 5.74) is 3.32. The van der Waals surface area contributed by atoms with Crippen LogP contribution in [0.15, 0.2) is 59.5 Å². The molecule has 3 aromatic heterocycles. The van der Waals surface area contributed by atoms with Gasteiger partial charge in [0.1, 0.15) is 11.6 Å². The van der Waals surface area contributed by atoms with Crippen LogP contribution in [0.1, 0.15) is 12.7 Å². The van der Waals surface area contributed by atoms with Crippen molar-refractivity contribution in [2.75, 3.05) is 39.5 Å². The van der Waals surface area contributed by atoms with Crippen molar-refractivity contribution in [2.24, 2.45) is 7.05 Å². The molecule has 1 saturated heterocycles. The van der Waals surface area contributed by atoms with Gasteiger partial charge in [-0.15, -0.1) is 0 Å². The van der Waals surface area contributed by atoms with E-state index in [1.54, 1.807) is 12.3 Å². The van der Waals surface area contributed by atoms with Gasteiger partial charge in [-0.2, -0.15) is 13.8 Å². The molecule has 2 aromatic carbocycles. The van der Waals surface area contributed by atoms with Crippen LogP contribution in [-0.2, 0) is 18.2 Å². The molecule has 0 unspecified atom stereocenters. The fourth-order valence-electron chi connectivity index (χ4n) is 5.22. The first-order valence-electron chi connectivity index (χ1n) is 13.8. The minimum Gasteiger partial charge on any atom is -0.464 e. The zero-order valence-electron chi connectivity index (χ0n) is 23.3. The molecule has 1 aliphatic heterocycles. The monoisotopic (exact) mass is 576 g/mol. The lowest BCUT2D eigenvalue weighted by molar-refractivity contribution is -0.0498. The second kappa shape index (κ2) is 11.8. The number of imidazole rings is 1. The third-order valence-electron chi connectivity index (χ3n) is 7.35. The summed E-state index contributed by atoms with van der Waals surface area (Å²) in [5, 5.41) is 0.609. The second-order valence-electron chi connectivity index (χ2n) is 9.93. The Morgan fingerprint density at radius 1 is 1.05 bits per heavy atom. The van der Waals surface area contributed by atoms with Crippen molar-refractivity contribution in [3.63, 3.8) is 0 Å². The first kappa shape index (κ1) is 27.7. The number of hydrogen-bond donors (Lipinski definition) is 0. The number of halogens is 2. The maximum Gasteiger partial charge on any atom is 0.387 e. The van der Waals surface area contributed by atoms with Crippen molar-refractivity contribution in [3.05, 3.63) is 70.9 Å². The molecule has 0 radical (unpaired) electrons. The van der Waals surface area contributed by atoms with Crippen molar-refractivity contribution < 1.29 is 23.0 Å². The minimum absolute atomic E-state index is 0.0158. The molecule has 5 aromatic rings. The molecule has 4 heterocycles. The van der Waals surface area contributed by atoms with Gasteiger partial charge in [0, 0.05) is 50.2 Å². The quantitative estimate of drug-likeness (QED) is 0.258. The lowest BCUT2D eigenvalue weighted by Crippen LogP contribution is -2.37. The molecule has 0 atom stereocenters. The Bertz CT molecular complexity index is 1780. The topological polar surface area (TPSA) is 96.5 Å². The van der Waals surface area contributed by atoms with Gasteiger partial charge in [-0.25, -0.2) is 9.97 Å². The minimum atomic E-state index is -2.95. The summed E-state index contributed by atoms with van der Waals surface area (Å²) in [6.07, 6.45) is 2.40. The first-order valence-corrected chi connectivity index (χ1v) is 13.8. The van der Waals surface area contributed by atoms with Crippen LogP contribution >= 0.6 is 0 Å². The van der Waals surface area contributed by atoms with Gasteiger partial charge in [0.05, 0.1) is 36.5 Å². The van der Waals surface area contributed by atoms with E-state index in [-0.39, 0.29) is 17.3 Å². The number of aryl methyl sites for hydroxylation is 1. The van der Waals surface area contributed by atoms with Crippen LogP contribution in [0.25, 0.3) is 38.9 Å². The molecule has 0 aliphatic carbocycles. The van der Waals surface area contributed by atoms with Gasteiger partial charge in [0.25, 0.3) is 5.56 Å². The van der Waals surface area contributed by atoms with E-state index in [4.69, 9.17) is 14.5 Å². The van der Waals surface area contributed by atoms with E-state index in [1.165, 1.54) is 28.8 Å². The zero-order valence-corrected chi connectivity index (χ0v) is 23.3. The largest absolute Gasteiger partial charge is 0.464 e. The van der Waals surface area contributed by atoms with Crippen molar-refractivity contribution in [1.82, 2.24) is 29.0 Å². The Morgan fingerprint density at radius 2 is 1.83 bits per heavy atom. The van der Waals surface area contributed by atoms with Crippen molar-refractivity contribution in [3.8, 4) is 28.6 Å². The van der Waals surface area contributed by atoms with E-state index in [0.29, 0.717) is 34.5 Å².